The van der Waals surface area contributed by atoms with Gasteiger partial charge in [0, 0.05) is 61.5 Å². The lowest BCUT2D eigenvalue weighted by Crippen LogP contribution is -2.46. The standard InChI is InChI=1S/C26H30N4OS/c1-2-31-26(30-14-6-7-15-30)20-11-16-29(17-12-20)21-10-13-28-25-24(21)23(22(18-27)32-25)19-8-4-3-5-9-19/h3-5,8-10,13,20,26H,2,6-7,11-12,14-17H2,1H3. The molecular weight excluding hydrogens is 416 g/mol. The predicted octanol–water partition coefficient (Wildman–Crippen LogP) is 5.51. The summed E-state index contributed by atoms with van der Waals surface area (Å²) < 4.78 is 6.23. The summed E-state index contributed by atoms with van der Waals surface area (Å²) in [6.45, 7) is 7.24. The molecule has 0 amide bonds. The molecular formula is C26H30N4OS. The number of thiophene rings is 1. The number of rotatable bonds is 6. The van der Waals surface area contributed by atoms with Crippen molar-refractivity contribution in [2.45, 2.75) is 38.8 Å². The third kappa shape index (κ3) is 4.01. The summed E-state index contributed by atoms with van der Waals surface area (Å²) in [6, 6.07) is 14.8. The van der Waals surface area contributed by atoms with E-state index < -0.39 is 0 Å². The van der Waals surface area contributed by atoms with Crippen LogP contribution in [-0.4, -0.2) is 48.9 Å². The summed E-state index contributed by atoms with van der Waals surface area (Å²) in [7, 11) is 0. The summed E-state index contributed by atoms with van der Waals surface area (Å²) in [4.78, 5) is 11.4. The zero-order chi connectivity index (χ0) is 21.9. The van der Waals surface area contributed by atoms with Crippen molar-refractivity contribution in [2.24, 2.45) is 5.92 Å². The van der Waals surface area contributed by atoms with Gasteiger partial charge in [-0.15, -0.1) is 11.3 Å². The summed E-state index contributed by atoms with van der Waals surface area (Å²) in [6.07, 6.45) is 6.98. The fourth-order valence-corrected chi connectivity index (χ4v) is 6.34. The van der Waals surface area contributed by atoms with E-state index in [1.807, 2.05) is 24.4 Å². The van der Waals surface area contributed by atoms with Gasteiger partial charge in [-0.2, -0.15) is 5.26 Å². The van der Waals surface area contributed by atoms with Crippen molar-refractivity contribution >= 4 is 27.2 Å². The first kappa shape index (κ1) is 21.4. The molecule has 2 aliphatic heterocycles. The highest BCUT2D eigenvalue weighted by Crippen LogP contribution is 2.43. The van der Waals surface area contributed by atoms with Crippen molar-refractivity contribution in [1.82, 2.24) is 9.88 Å². The van der Waals surface area contributed by atoms with Crippen LogP contribution in [0, 0.1) is 17.2 Å². The topological polar surface area (TPSA) is 52.4 Å². The molecule has 0 aliphatic carbocycles. The minimum absolute atomic E-state index is 0.258. The molecule has 3 aromatic rings. The molecule has 1 aromatic carbocycles. The zero-order valence-electron chi connectivity index (χ0n) is 18.7. The van der Waals surface area contributed by atoms with E-state index in [1.54, 1.807) is 0 Å². The Hall–Kier alpha value is -2.46. The lowest BCUT2D eigenvalue weighted by molar-refractivity contribution is -0.0858. The molecule has 6 heteroatoms. The Morgan fingerprint density at radius 3 is 2.56 bits per heavy atom. The van der Waals surface area contributed by atoms with Gasteiger partial charge < -0.3 is 9.64 Å². The Bertz CT molecular complexity index is 1090. The number of likely N-dealkylation sites (tertiary alicyclic amines) is 1. The zero-order valence-corrected chi connectivity index (χ0v) is 19.5. The number of anilines is 1. The summed E-state index contributed by atoms with van der Waals surface area (Å²) in [5.74, 6) is 0.576. The van der Waals surface area contributed by atoms with Crippen LogP contribution >= 0.6 is 11.3 Å². The maximum Gasteiger partial charge on any atom is 0.127 e. The Morgan fingerprint density at radius 2 is 1.88 bits per heavy atom. The van der Waals surface area contributed by atoms with E-state index in [0.29, 0.717) is 5.92 Å². The van der Waals surface area contributed by atoms with Crippen molar-refractivity contribution in [3.05, 3.63) is 47.5 Å². The number of benzene rings is 1. The van der Waals surface area contributed by atoms with E-state index in [1.165, 1.54) is 43.0 Å². The van der Waals surface area contributed by atoms with Gasteiger partial charge in [0.1, 0.15) is 22.0 Å². The van der Waals surface area contributed by atoms with Crippen LogP contribution in [0.2, 0.25) is 0 Å². The number of piperidine rings is 1. The highest BCUT2D eigenvalue weighted by molar-refractivity contribution is 7.19. The quantitative estimate of drug-likeness (QED) is 0.500. The van der Waals surface area contributed by atoms with Crippen LogP contribution in [0.3, 0.4) is 0 Å². The SMILES string of the molecule is CCOC(C1CCN(c2ccnc3sc(C#N)c(-c4ccccc4)c23)CC1)N1CCCC1. The van der Waals surface area contributed by atoms with Gasteiger partial charge in [0.2, 0.25) is 0 Å². The fourth-order valence-electron chi connectivity index (χ4n) is 5.36. The molecule has 32 heavy (non-hydrogen) atoms. The third-order valence-corrected chi connectivity index (χ3v) is 7.86. The van der Waals surface area contributed by atoms with E-state index >= 15 is 0 Å². The van der Waals surface area contributed by atoms with Crippen LogP contribution in [0.25, 0.3) is 21.3 Å². The second-order valence-electron chi connectivity index (χ2n) is 8.71. The molecule has 2 saturated heterocycles. The summed E-state index contributed by atoms with van der Waals surface area (Å²) >= 11 is 1.50. The monoisotopic (exact) mass is 446 g/mol. The van der Waals surface area contributed by atoms with Gasteiger partial charge >= 0.3 is 0 Å². The van der Waals surface area contributed by atoms with E-state index in [-0.39, 0.29) is 6.23 Å². The molecule has 166 valence electrons. The smallest absolute Gasteiger partial charge is 0.127 e. The number of fused-ring (bicyclic) bond motifs is 1. The molecule has 2 fully saturated rings. The first-order chi connectivity index (χ1) is 15.8. The van der Waals surface area contributed by atoms with Crippen LogP contribution in [0.15, 0.2) is 42.6 Å². The Kier molecular flexibility index (Phi) is 6.40. The minimum Gasteiger partial charge on any atom is -0.371 e. The Balaban J connectivity index is 1.44. The molecule has 0 N–H and O–H groups in total. The molecule has 5 nitrogen and oxygen atoms in total. The van der Waals surface area contributed by atoms with Crippen LogP contribution in [0.1, 0.15) is 37.5 Å². The van der Waals surface area contributed by atoms with Gasteiger partial charge in [-0.1, -0.05) is 30.3 Å². The molecule has 5 rings (SSSR count). The second kappa shape index (κ2) is 9.58. The highest BCUT2D eigenvalue weighted by Gasteiger charge is 2.33. The van der Waals surface area contributed by atoms with E-state index in [4.69, 9.17) is 4.74 Å². The molecule has 2 aromatic heterocycles. The van der Waals surface area contributed by atoms with Crippen molar-refractivity contribution in [1.29, 1.82) is 5.26 Å². The Morgan fingerprint density at radius 1 is 1.12 bits per heavy atom. The average Bonchev–Trinajstić information content (AvgIpc) is 3.51. The van der Waals surface area contributed by atoms with Crippen LogP contribution in [-0.2, 0) is 4.74 Å². The average molecular weight is 447 g/mol. The first-order valence-corrected chi connectivity index (χ1v) is 12.6. The van der Waals surface area contributed by atoms with Crippen molar-refractivity contribution < 1.29 is 4.74 Å². The van der Waals surface area contributed by atoms with Gasteiger partial charge in [-0.05, 0) is 44.2 Å². The second-order valence-corrected chi connectivity index (χ2v) is 9.71. The molecule has 0 saturated carbocycles. The van der Waals surface area contributed by atoms with Gasteiger partial charge in [-0.3, -0.25) is 4.90 Å². The summed E-state index contributed by atoms with van der Waals surface area (Å²) in [5.41, 5.74) is 3.33. The van der Waals surface area contributed by atoms with Crippen LogP contribution < -0.4 is 4.90 Å². The number of hydrogen-bond acceptors (Lipinski definition) is 6. The lowest BCUT2D eigenvalue weighted by Gasteiger charge is -2.40. The molecule has 0 spiro atoms. The molecule has 0 radical (unpaired) electrons. The minimum atomic E-state index is 0.258. The largest absolute Gasteiger partial charge is 0.371 e. The van der Waals surface area contributed by atoms with Gasteiger partial charge in [0.05, 0.1) is 0 Å². The number of pyridine rings is 1. The molecule has 1 atom stereocenters. The first-order valence-electron chi connectivity index (χ1n) is 11.8. The predicted molar refractivity (Wildman–Crippen MR) is 131 cm³/mol. The van der Waals surface area contributed by atoms with Gasteiger partial charge in [0.25, 0.3) is 0 Å². The highest BCUT2D eigenvalue weighted by atomic mass is 32.1. The van der Waals surface area contributed by atoms with Crippen molar-refractivity contribution in [2.75, 3.05) is 37.7 Å². The number of ether oxygens (including phenoxy) is 1. The van der Waals surface area contributed by atoms with Gasteiger partial charge in [-0.25, -0.2) is 4.98 Å². The van der Waals surface area contributed by atoms with E-state index in [0.717, 1.165) is 58.8 Å². The van der Waals surface area contributed by atoms with Crippen LogP contribution in [0.5, 0.6) is 0 Å². The van der Waals surface area contributed by atoms with Crippen LogP contribution in [0.4, 0.5) is 5.69 Å². The fraction of sp³-hybridized carbons (Fsp3) is 0.462. The van der Waals surface area contributed by atoms with E-state index in [2.05, 4.69) is 46.0 Å². The van der Waals surface area contributed by atoms with Crippen molar-refractivity contribution in [3.63, 3.8) is 0 Å². The molecule has 0 bridgehead atoms. The number of nitriles is 1. The normalized spacial score (nSPS) is 18.8. The number of aromatic nitrogens is 1. The Labute approximate surface area is 194 Å². The molecule has 4 heterocycles. The number of hydrogen-bond donors (Lipinski definition) is 0. The summed E-state index contributed by atoms with van der Waals surface area (Å²) in [5, 5.41) is 11.0. The third-order valence-electron chi connectivity index (χ3n) is 6.86. The molecule has 2 aliphatic rings. The number of nitrogens with zero attached hydrogens (tertiary/aromatic N) is 4. The maximum atomic E-state index is 9.83. The van der Waals surface area contributed by atoms with Crippen molar-refractivity contribution in [3.8, 4) is 17.2 Å². The maximum absolute atomic E-state index is 9.83. The molecule has 1 unspecified atom stereocenters. The lowest BCUT2D eigenvalue weighted by atomic mass is 9.93. The van der Waals surface area contributed by atoms with E-state index in [9.17, 15) is 5.26 Å². The van der Waals surface area contributed by atoms with Gasteiger partial charge in [0.15, 0.2) is 0 Å².